The largest absolute Gasteiger partial charge is 0.392 e. The second-order valence-electron chi connectivity index (χ2n) is 3.50. The van der Waals surface area contributed by atoms with Crippen molar-refractivity contribution in [2.75, 3.05) is 5.88 Å². The molecule has 1 aromatic rings. The molecule has 2 unspecified atom stereocenters. The molecule has 16 heavy (non-hydrogen) atoms. The fourth-order valence-corrected chi connectivity index (χ4v) is 1.59. The van der Waals surface area contributed by atoms with E-state index < -0.39 is 24.6 Å². The minimum Gasteiger partial charge on any atom is -0.392 e. The van der Waals surface area contributed by atoms with Gasteiger partial charge in [0.15, 0.2) is 0 Å². The second-order valence-corrected chi connectivity index (χ2v) is 3.88. The number of hydrogen-bond donors (Lipinski definition) is 3. The third-order valence-electron chi connectivity index (χ3n) is 2.36. The van der Waals surface area contributed by atoms with Crippen LogP contribution < -0.4 is 0 Å². The van der Waals surface area contributed by atoms with Gasteiger partial charge in [-0.05, 0) is 18.1 Å². The van der Waals surface area contributed by atoms with E-state index in [0.717, 1.165) is 6.07 Å². The Morgan fingerprint density at radius 3 is 2.50 bits per heavy atom. The first-order valence-corrected chi connectivity index (χ1v) is 5.45. The van der Waals surface area contributed by atoms with E-state index in [9.17, 15) is 14.6 Å². The third kappa shape index (κ3) is 3.15. The van der Waals surface area contributed by atoms with Crippen molar-refractivity contribution in [1.29, 1.82) is 0 Å². The molecule has 5 heteroatoms. The zero-order valence-electron chi connectivity index (χ0n) is 8.61. The SMILES string of the molecule is OCc1ccc(C(O)C(O)CCCl)cc1F. The molecule has 3 nitrogen and oxygen atoms in total. The van der Waals surface area contributed by atoms with Crippen molar-refractivity contribution in [2.24, 2.45) is 0 Å². The van der Waals surface area contributed by atoms with Gasteiger partial charge in [-0.3, -0.25) is 0 Å². The van der Waals surface area contributed by atoms with Gasteiger partial charge in [0.1, 0.15) is 11.9 Å². The van der Waals surface area contributed by atoms with Crippen molar-refractivity contribution in [2.45, 2.75) is 25.2 Å². The Bertz CT molecular complexity index is 346. The van der Waals surface area contributed by atoms with Crippen LogP contribution in [0.2, 0.25) is 0 Å². The van der Waals surface area contributed by atoms with Crippen molar-refractivity contribution >= 4 is 11.6 Å². The van der Waals surface area contributed by atoms with Gasteiger partial charge >= 0.3 is 0 Å². The van der Waals surface area contributed by atoms with Gasteiger partial charge in [-0.2, -0.15) is 0 Å². The summed E-state index contributed by atoms with van der Waals surface area (Å²) >= 11 is 5.43. The van der Waals surface area contributed by atoms with Crippen LogP contribution in [0.4, 0.5) is 4.39 Å². The maximum absolute atomic E-state index is 13.3. The third-order valence-corrected chi connectivity index (χ3v) is 2.58. The average Bonchev–Trinajstić information content (AvgIpc) is 2.28. The van der Waals surface area contributed by atoms with E-state index >= 15 is 0 Å². The van der Waals surface area contributed by atoms with Crippen LogP contribution in [0.5, 0.6) is 0 Å². The smallest absolute Gasteiger partial charge is 0.129 e. The molecule has 0 aromatic heterocycles. The predicted molar refractivity (Wildman–Crippen MR) is 58.6 cm³/mol. The molecule has 0 aliphatic heterocycles. The first-order valence-electron chi connectivity index (χ1n) is 4.91. The van der Waals surface area contributed by atoms with E-state index in [1.54, 1.807) is 0 Å². The lowest BCUT2D eigenvalue weighted by Crippen LogP contribution is -2.18. The summed E-state index contributed by atoms with van der Waals surface area (Å²) in [7, 11) is 0. The molecule has 0 aliphatic carbocycles. The quantitative estimate of drug-likeness (QED) is 0.690. The first kappa shape index (κ1) is 13.4. The molecule has 2 atom stereocenters. The second kappa shape index (κ2) is 6.15. The lowest BCUT2D eigenvalue weighted by atomic mass is 10.0. The fourth-order valence-electron chi connectivity index (χ4n) is 1.37. The maximum Gasteiger partial charge on any atom is 0.129 e. The van der Waals surface area contributed by atoms with E-state index in [-0.39, 0.29) is 23.4 Å². The van der Waals surface area contributed by atoms with E-state index in [2.05, 4.69) is 0 Å². The molecule has 0 amide bonds. The Kier molecular flexibility index (Phi) is 5.15. The molecule has 0 radical (unpaired) electrons. The highest BCUT2D eigenvalue weighted by molar-refractivity contribution is 6.17. The van der Waals surface area contributed by atoms with Gasteiger partial charge in [-0.25, -0.2) is 4.39 Å². The van der Waals surface area contributed by atoms with Crippen molar-refractivity contribution in [1.82, 2.24) is 0 Å². The van der Waals surface area contributed by atoms with Crippen molar-refractivity contribution in [3.8, 4) is 0 Å². The Morgan fingerprint density at radius 2 is 2.00 bits per heavy atom. The lowest BCUT2D eigenvalue weighted by molar-refractivity contribution is 0.0168. The molecule has 0 spiro atoms. The van der Waals surface area contributed by atoms with E-state index in [1.165, 1.54) is 12.1 Å². The van der Waals surface area contributed by atoms with Crippen molar-refractivity contribution in [3.63, 3.8) is 0 Å². The monoisotopic (exact) mass is 248 g/mol. The number of aliphatic hydroxyl groups excluding tert-OH is 3. The van der Waals surface area contributed by atoms with Gasteiger partial charge in [0.2, 0.25) is 0 Å². The molecular formula is C11H14ClFO3. The van der Waals surface area contributed by atoms with E-state index in [1.807, 2.05) is 0 Å². The summed E-state index contributed by atoms with van der Waals surface area (Å²) in [4.78, 5) is 0. The first-order chi connectivity index (χ1) is 7.60. The lowest BCUT2D eigenvalue weighted by Gasteiger charge is -2.17. The van der Waals surface area contributed by atoms with Crippen LogP contribution in [0.25, 0.3) is 0 Å². The molecule has 0 heterocycles. The number of alkyl halides is 1. The van der Waals surface area contributed by atoms with Crippen LogP contribution in [0.3, 0.4) is 0 Å². The number of benzene rings is 1. The number of aliphatic hydroxyl groups is 3. The summed E-state index contributed by atoms with van der Waals surface area (Å²) in [5, 5.41) is 27.9. The summed E-state index contributed by atoms with van der Waals surface area (Å²) in [5.74, 6) is -0.382. The Hall–Kier alpha value is -0.680. The zero-order chi connectivity index (χ0) is 12.1. The summed E-state index contributed by atoms with van der Waals surface area (Å²) in [6, 6.07) is 3.95. The average molecular weight is 249 g/mol. The molecule has 0 aliphatic rings. The van der Waals surface area contributed by atoms with Gasteiger partial charge in [-0.15, -0.1) is 11.6 Å². The number of halogens is 2. The highest BCUT2D eigenvalue weighted by atomic mass is 35.5. The normalized spacial score (nSPS) is 14.8. The highest BCUT2D eigenvalue weighted by Gasteiger charge is 2.18. The van der Waals surface area contributed by atoms with Crippen LogP contribution in [-0.4, -0.2) is 27.3 Å². The van der Waals surface area contributed by atoms with Gasteiger partial charge in [0.25, 0.3) is 0 Å². The van der Waals surface area contributed by atoms with Crippen molar-refractivity contribution in [3.05, 3.63) is 35.1 Å². The van der Waals surface area contributed by atoms with Crippen LogP contribution in [-0.2, 0) is 6.61 Å². The maximum atomic E-state index is 13.3. The van der Waals surface area contributed by atoms with Gasteiger partial charge < -0.3 is 15.3 Å². The minimum absolute atomic E-state index is 0.155. The Morgan fingerprint density at radius 1 is 1.31 bits per heavy atom. The van der Waals surface area contributed by atoms with Crippen LogP contribution in [0.1, 0.15) is 23.7 Å². The van der Waals surface area contributed by atoms with Gasteiger partial charge in [-0.1, -0.05) is 12.1 Å². The summed E-state index contributed by atoms with van der Waals surface area (Å²) in [5.41, 5.74) is 0.426. The topological polar surface area (TPSA) is 60.7 Å². The molecule has 0 bridgehead atoms. The number of rotatable bonds is 5. The fraction of sp³-hybridized carbons (Fsp3) is 0.455. The number of hydrogen-bond acceptors (Lipinski definition) is 3. The minimum atomic E-state index is -1.17. The van der Waals surface area contributed by atoms with Gasteiger partial charge in [0, 0.05) is 11.4 Å². The summed E-state index contributed by atoms with van der Waals surface area (Å²) in [6.45, 7) is -0.396. The molecule has 90 valence electrons. The summed E-state index contributed by atoms with van der Waals surface area (Å²) in [6.07, 6.45) is -1.95. The standard InChI is InChI=1S/C11H14ClFO3/c12-4-3-10(15)11(16)7-1-2-8(6-14)9(13)5-7/h1-2,5,10-11,14-16H,3-4,6H2. The molecule has 0 fully saturated rings. The molecule has 0 saturated heterocycles. The summed E-state index contributed by atoms with van der Waals surface area (Å²) < 4.78 is 13.3. The Labute approximate surface area is 98.1 Å². The highest BCUT2D eigenvalue weighted by Crippen LogP contribution is 2.21. The Balaban J connectivity index is 2.84. The van der Waals surface area contributed by atoms with Gasteiger partial charge in [0.05, 0.1) is 12.7 Å². The molecular weight excluding hydrogens is 235 g/mol. The van der Waals surface area contributed by atoms with E-state index in [4.69, 9.17) is 16.7 Å². The van der Waals surface area contributed by atoms with Crippen LogP contribution in [0, 0.1) is 5.82 Å². The molecule has 0 saturated carbocycles. The predicted octanol–water partition coefficient (Wildman–Crippen LogP) is 1.34. The molecule has 1 rings (SSSR count). The molecule has 1 aromatic carbocycles. The van der Waals surface area contributed by atoms with E-state index in [0.29, 0.717) is 0 Å². The van der Waals surface area contributed by atoms with Crippen LogP contribution >= 0.6 is 11.6 Å². The zero-order valence-corrected chi connectivity index (χ0v) is 9.36. The molecule has 3 N–H and O–H groups in total. The van der Waals surface area contributed by atoms with Crippen LogP contribution in [0.15, 0.2) is 18.2 Å². The van der Waals surface area contributed by atoms with Crippen molar-refractivity contribution < 1.29 is 19.7 Å².